The normalized spacial score (nSPS) is 9.64. The molecule has 0 saturated carbocycles. The molecule has 0 atom stereocenters. The van der Waals surface area contributed by atoms with E-state index >= 15 is 0 Å². The molecular formula is C9H14N4O. The van der Waals surface area contributed by atoms with Crippen molar-refractivity contribution in [2.45, 2.75) is 0 Å². The van der Waals surface area contributed by atoms with Gasteiger partial charge in [0.2, 0.25) is 0 Å². The molecule has 76 valence electrons. The van der Waals surface area contributed by atoms with Crippen molar-refractivity contribution >= 4 is 11.6 Å². The topological polar surface area (TPSA) is 57.3 Å². The highest BCUT2D eigenvalue weighted by Crippen LogP contribution is 2.10. The fourth-order valence-corrected chi connectivity index (χ4v) is 0.999. The summed E-state index contributed by atoms with van der Waals surface area (Å²) in [5, 5.41) is 0. The predicted octanol–water partition coefficient (Wildman–Crippen LogP) is 0.0118. The number of hydrogen-bond donors (Lipinski definition) is 2. The smallest absolute Gasteiger partial charge is 0.284 e. The number of rotatable bonds is 3. The van der Waals surface area contributed by atoms with Crippen LogP contribution in [0.5, 0.6) is 0 Å². The van der Waals surface area contributed by atoms with Gasteiger partial charge >= 0.3 is 0 Å². The number of hydrazine groups is 1. The van der Waals surface area contributed by atoms with Gasteiger partial charge in [0.15, 0.2) is 0 Å². The first-order valence-electron chi connectivity index (χ1n) is 4.25. The van der Waals surface area contributed by atoms with Gasteiger partial charge in [-0.25, -0.2) is 5.43 Å². The van der Waals surface area contributed by atoms with Crippen molar-refractivity contribution in [2.75, 3.05) is 26.0 Å². The predicted molar refractivity (Wildman–Crippen MR) is 55.1 cm³/mol. The highest BCUT2D eigenvalue weighted by atomic mass is 16.2. The number of anilines is 1. The Hall–Kier alpha value is -1.62. The summed E-state index contributed by atoms with van der Waals surface area (Å²) in [6.07, 6.45) is 1.61. The first kappa shape index (κ1) is 10.5. The standard InChI is InChI=1S/C9H14N4O/c1-10-12-9(14)8-6-7(13(2)3)4-5-11-8/h4-6,10H,1-3H3,(H,12,14). The van der Waals surface area contributed by atoms with E-state index in [2.05, 4.69) is 15.8 Å². The summed E-state index contributed by atoms with van der Waals surface area (Å²) in [5.74, 6) is -0.240. The minimum atomic E-state index is -0.240. The molecule has 0 aromatic carbocycles. The molecule has 0 unspecified atom stereocenters. The van der Waals surface area contributed by atoms with E-state index in [9.17, 15) is 4.79 Å². The fourth-order valence-electron chi connectivity index (χ4n) is 0.999. The zero-order valence-electron chi connectivity index (χ0n) is 8.53. The maximum Gasteiger partial charge on any atom is 0.284 e. The lowest BCUT2D eigenvalue weighted by Crippen LogP contribution is -2.34. The van der Waals surface area contributed by atoms with Crippen LogP contribution in [0.1, 0.15) is 10.5 Å². The van der Waals surface area contributed by atoms with E-state index in [0.717, 1.165) is 5.69 Å². The third-order valence-electron chi connectivity index (χ3n) is 1.73. The van der Waals surface area contributed by atoms with E-state index in [4.69, 9.17) is 0 Å². The number of carbonyl (C=O) groups is 1. The molecule has 5 nitrogen and oxygen atoms in total. The minimum absolute atomic E-state index is 0.240. The van der Waals surface area contributed by atoms with Crippen molar-refractivity contribution in [3.05, 3.63) is 24.0 Å². The third kappa shape index (κ3) is 2.43. The van der Waals surface area contributed by atoms with E-state index in [1.165, 1.54) is 0 Å². The zero-order chi connectivity index (χ0) is 10.6. The molecule has 2 N–H and O–H groups in total. The Bertz CT molecular complexity index is 324. The van der Waals surface area contributed by atoms with Gasteiger partial charge in [-0.1, -0.05) is 0 Å². The lowest BCUT2D eigenvalue weighted by molar-refractivity contribution is 0.0933. The van der Waals surface area contributed by atoms with Crippen molar-refractivity contribution < 1.29 is 4.79 Å². The van der Waals surface area contributed by atoms with Crippen LogP contribution in [0.25, 0.3) is 0 Å². The molecule has 0 saturated heterocycles. The van der Waals surface area contributed by atoms with Crippen molar-refractivity contribution in [3.63, 3.8) is 0 Å². The minimum Gasteiger partial charge on any atom is -0.378 e. The van der Waals surface area contributed by atoms with E-state index in [1.54, 1.807) is 19.3 Å². The average Bonchev–Trinajstić information content (AvgIpc) is 2.18. The number of pyridine rings is 1. The summed E-state index contributed by atoms with van der Waals surface area (Å²) in [6.45, 7) is 0. The molecule has 0 aliphatic rings. The van der Waals surface area contributed by atoms with Gasteiger partial charge < -0.3 is 4.90 Å². The number of amides is 1. The molecule has 1 heterocycles. The summed E-state index contributed by atoms with van der Waals surface area (Å²) >= 11 is 0. The molecule has 5 heteroatoms. The Morgan fingerprint density at radius 3 is 2.79 bits per heavy atom. The average molecular weight is 194 g/mol. The number of carbonyl (C=O) groups excluding carboxylic acids is 1. The van der Waals surface area contributed by atoms with Crippen molar-refractivity contribution in [1.29, 1.82) is 0 Å². The van der Waals surface area contributed by atoms with Crippen molar-refractivity contribution in [3.8, 4) is 0 Å². The van der Waals surface area contributed by atoms with Crippen LogP contribution in [0, 0.1) is 0 Å². The first-order chi connectivity index (χ1) is 6.65. The summed E-state index contributed by atoms with van der Waals surface area (Å²) in [6, 6.07) is 3.57. The second-order valence-electron chi connectivity index (χ2n) is 3.00. The number of aromatic nitrogens is 1. The zero-order valence-corrected chi connectivity index (χ0v) is 8.53. The number of hydrogen-bond acceptors (Lipinski definition) is 4. The quantitative estimate of drug-likeness (QED) is 0.666. The molecule has 1 amide bonds. The molecule has 1 aromatic heterocycles. The van der Waals surface area contributed by atoms with E-state index in [1.807, 2.05) is 25.1 Å². The van der Waals surface area contributed by atoms with Crippen LogP contribution in [0.4, 0.5) is 5.69 Å². The maximum atomic E-state index is 11.4. The van der Waals surface area contributed by atoms with Crippen LogP contribution in [-0.2, 0) is 0 Å². The Labute approximate surface area is 83.1 Å². The maximum absolute atomic E-state index is 11.4. The van der Waals surface area contributed by atoms with Crippen LogP contribution in [0.15, 0.2) is 18.3 Å². The van der Waals surface area contributed by atoms with E-state index in [0.29, 0.717) is 5.69 Å². The Morgan fingerprint density at radius 1 is 1.50 bits per heavy atom. The Morgan fingerprint density at radius 2 is 2.21 bits per heavy atom. The Balaban J connectivity index is 2.88. The van der Waals surface area contributed by atoms with Gasteiger partial charge in [-0.3, -0.25) is 15.2 Å². The van der Waals surface area contributed by atoms with Crippen LogP contribution < -0.4 is 15.8 Å². The molecule has 0 aliphatic carbocycles. The second kappa shape index (κ2) is 4.57. The molecule has 0 bridgehead atoms. The van der Waals surface area contributed by atoms with Gasteiger partial charge in [-0.05, 0) is 12.1 Å². The Kier molecular flexibility index (Phi) is 3.41. The molecule has 0 aliphatic heterocycles. The summed E-state index contributed by atoms with van der Waals surface area (Å²) in [7, 11) is 5.46. The van der Waals surface area contributed by atoms with Gasteiger partial charge in [0.1, 0.15) is 5.69 Å². The summed E-state index contributed by atoms with van der Waals surface area (Å²) in [5.41, 5.74) is 6.36. The molecule has 14 heavy (non-hydrogen) atoms. The largest absolute Gasteiger partial charge is 0.378 e. The summed E-state index contributed by atoms with van der Waals surface area (Å²) in [4.78, 5) is 17.2. The van der Waals surface area contributed by atoms with Crippen LogP contribution in [0.2, 0.25) is 0 Å². The van der Waals surface area contributed by atoms with Crippen LogP contribution in [0.3, 0.4) is 0 Å². The second-order valence-corrected chi connectivity index (χ2v) is 3.00. The highest BCUT2D eigenvalue weighted by molar-refractivity contribution is 5.92. The monoisotopic (exact) mass is 194 g/mol. The molecule has 0 fully saturated rings. The van der Waals surface area contributed by atoms with E-state index < -0.39 is 0 Å². The highest BCUT2D eigenvalue weighted by Gasteiger charge is 2.06. The molecule has 1 rings (SSSR count). The molecular weight excluding hydrogens is 180 g/mol. The van der Waals surface area contributed by atoms with E-state index in [-0.39, 0.29) is 5.91 Å². The van der Waals surface area contributed by atoms with Crippen LogP contribution >= 0.6 is 0 Å². The summed E-state index contributed by atoms with van der Waals surface area (Å²) < 4.78 is 0. The molecule has 1 aromatic rings. The van der Waals surface area contributed by atoms with Gasteiger partial charge in [0, 0.05) is 33.0 Å². The lowest BCUT2D eigenvalue weighted by Gasteiger charge is -2.12. The molecule has 0 spiro atoms. The van der Waals surface area contributed by atoms with Crippen molar-refractivity contribution in [2.24, 2.45) is 0 Å². The molecule has 0 radical (unpaired) electrons. The van der Waals surface area contributed by atoms with Crippen molar-refractivity contribution in [1.82, 2.24) is 15.8 Å². The number of nitrogens with one attached hydrogen (secondary N) is 2. The first-order valence-corrected chi connectivity index (χ1v) is 4.25. The van der Waals surface area contributed by atoms with Gasteiger partial charge in [0.05, 0.1) is 0 Å². The van der Waals surface area contributed by atoms with Gasteiger partial charge in [0.25, 0.3) is 5.91 Å². The van der Waals surface area contributed by atoms with Crippen LogP contribution in [-0.4, -0.2) is 32.0 Å². The fraction of sp³-hybridized carbons (Fsp3) is 0.333. The SMILES string of the molecule is CNNC(=O)c1cc(N(C)C)ccn1. The van der Waals surface area contributed by atoms with Gasteiger partial charge in [-0.15, -0.1) is 0 Å². The number of nitrogens with zero attached hydrogens (tertiary/aromatic N) is 2. The lowest BCUT2D eigenvalue weighted by atomic mass is 10.3. The van der Waals surface area contributed by atoms with Gasteiger partial charge in [-0.2, -0.15) is 0 Å². The third-order valence-corrected chi connectivity index (χ3v) is 1.73.